The molecule has 4 rings (SSSR count). The zero-order valence-corrected chi connectivity index (χ0v) is 18.1. The lowest BCUT2D eigenvalue weighted by Crippen LogP contribution is -2.49. The van der Waals surface area contributed by atoms with Crippen molar-refractivity contribution < 1.29 is 9.53 Å². The lowest BCUT2D eigenvalue weighted by atomic mass is 9.99. The van der Waals surface area contributed by atoms with E-state index in [-0.39, 0.29) is 5.91 Å². The van der Waals surface area contributed by atoms with E-state index in [1.165, 1.54) is 0 Å². The van der Waals surface area contributed by atoms with E-state index in [1.54, 1.807) is 7.11 Å². The fourth-order valence-corrected chi connectivity index (χ4v) is 4.35. The SMILES string of the molecule is COc1ccc(Cl)cc1CN1CCNC(=O)C1c1c(C)nn(-c2ccccc2)c1C. The van der Waals surface area contributed by atoms with Crippen molar-refractivity contribution in [2.24, 2.45) is 0 Å². The summed E-state index contributed by atoms with van der Waals surface area (Å²) in [6.45, 7) is 5.85. The van der Waals surface area contributed by atoms with Crippen LogP contribution in [0.25, 0.3) is 5.69 Å². The minimum Gasteiger partial charge on any atom is -0.496 e. The first-order valence-corrected chi connectivity index (χ1v) is 10.3. The molecule has 1 amide bonds. The van der Waals surface area contributed by atoms with Gasteiger partial charge in [-0.25, -0.2) is 4.68 Å². The van der Waals surface area contributed by atoms with Crippen LogP contribution in [-0.2, 0) is 11.3 Å². The predicted molar refractivity (Wildman–Crippen MR) is 117 cm³/mol. The van der Waals surface area contributed by atoms with Crippen molar-refractivity contribution >= 4 is 17.5 Å². The molecule has 2 heterocycles. The Morgan fingerprint density at radius 3 is 2.70 bits per heavy atom. The summed E-state index contributed by atoms with van der Waals surface area (Å²) in [5.41, 5.74) is 4.68. The number of aromatic nitrogens is 2. The van der Waals surface area contributed by atoms with Gasteiger partial charge < -0.3 is 10.1 Å². The first-order chi connectivity index (χ1) is 14.5. The molecule has 1 aromatic heterocycles. The lowest BCUT2D eigenvalue weighted by molar-refractivity contribution is -0.129. The number of halogens is 1. The second kappa shape index (κ2) is 8.50. The number of methoxy groups -OCH3 is 1. The highest BCUT2D eigenvalue weighted by Gasteiger charge is 2.35. The summed E-state index contributed by atoms with van der Waals surface area (Å²) in [4.78, 5) is 15.2. The molecular weight excluding hydrogens is 400 g/mol. The van der Waals surface area contributed by atoms with E-state index >= 15 is 0 Å². The number of hydrogen-bond donors (Lipinski definition) is 1. The predicted octanol–water partition coefficient (Wildman–Crippen LogP) is 3.82. The van der Waals surface area contributed by atoms with Crippen molar-refractivity contribution in [2.45, 2.75) is 26.4 Å². The number of rotatable bonds is 5. The Morgan fingerprint density at radius 2 is 1.97 bits per heavy atom. The Morgan fingerprint density at radius 1 is 1.20 bits per heavy atom. The number of nitrogens with one attached hydrogen (secondary N) is 1. The van der Waals surface area contributed by atoms with Crippen LogP contribution in [0.2, 0.25) is 5.02 Å². The standard InChI is InChI=1S/C23H25ClN4O2/c1-15-21(16(2)28(26-15)19-7-5-4-6-8-19)22-23(29)25-11-12-27(22)14-17-13-18(24)9-10-20(17)30-3/h4-10,13,22H,11-12,14H2,1-3H3,(H,25,29). The van der Waals surface area contributed by atoms with Crippen LogP contribution in [0.15, 0.2) is 48.5 Å². The minimum absolute atomic E-state index is 0.0129. The van der Waals surface area contributed by atoms with Gasteiger partial charge in [0, 0.05) is 41.5 Å². The molecule has 0 radical (unpaired) electrons. The van der Waals surface area contributed by atoms with Crippen LogP contribution < -0.4 is 10.1 Å². The van der Waals surface area contributed by atoms with E-state index in [2.05, 4.69) is 10.2 Å². The van der Waals surface area contributed by atoms with Gasteiger partial charge in [0.25, 0.3) is 0 Å². The number of carbonyl (C=O) groups is 1. The van der Waals surface area contributed by atoms with Crippen molar-refractivity contribution in [2.75, 3.05) is 20.2 Å². The van der Waals surface area contributed by atoms with Gasteiger partial charge in [-0.15, -0.1) is 0 Å². The molecule has 1 fully saturated rings. The Kier molecular flexibility index (Phi) is 5.79. The minimum atomic E-state index is -0.431. The van der Waals surface area contributed by atoms with Crippen LogP contribution in [-0.4, -0.2) is 40.8 Å². The Labute approximate surface area is 181 Å². The van der Waals surface area contributed by atoms with Crippen molar-refractivity contribution in [3.05, 3.63) is 76.1 Å². The number of piperazine rings is 1. The third-order valence-corrected chi connectivity index (χ3v) is 5.78. The van der Waals surface area contributed by atoms with Gasteiger partial charge in [0.05, 0.1) is 18.5 Å². The van der Waals surface area contributed by atoms with Gasteiger partial charge in [0.15, 0.2) is 0 Å². The maximum Gasteiger partial charge on any atom is 0.242 e. The van der Waals surface area contributed by atoms with Crippen LogP contribution >= 0.6 is 11.6 Å². The van der Waals surface area contributed by atoms with E-state index in [9.17, 15) is 4.79 Å². The second-order valence-corrected chi connectivity index (χ2v) is 7.89. The second-order valence-electron chi connectivity index (χ2n) is 7.45. The first-order valence-electron chi connectivity index (χ1n) is 9.95. The molecule has 7 heteroatoms. The van der Waals surface area contributed by atoms with Gasteiger partial charge in [-0.3, -0.25) is 9.69 Å². The monoisotopic (exact) mass is 424 g/mol. The van der Waals surface area contributed by atoms with E-state index in [0.717, 1.165) is 40.5 Å². The van der Waals surface area contributed by atoms with E-state index in [0.29, 0.717) is 18.1 Å². The molecule has 1 aliphatic rings. The molecule has 30 heavy (non-hydrogen) atoms. The molecule has 3 aromatic rings. The smallest absolute Gasteiger partial charge is 0.242 e. The fraction of sp³-hybridized carbons (Fsp3) is 0.304. The normalized spacial score (nSPS) is 17.1. The van der Waals surface area contributed by atoms with Crippen molar-refractivity contribution in [1.29, 1.82) is 0 Å². The molecular formula is C23H25ClN4O2. The summed E-state index contributed by atoms with van der Waals surface area (Å²) in [5.74, 6) is 0.749. The first kappa shape index (κ1) is 20.4. The highest BCUT2D eigenvalue weighted by atomic mass is 35.5. The van der Waals surface area contributed by atoms with Gasteiger partial charge in [0.2, 0.25) is 5.91 Å². The average Bonchev–Trinajstić information content (AvgIpc) is 3.03. The fourth-order valence-electron chi connectivity index (χ4n) is 4.16. The summed E-state index contributed by atoms with van der Waals surface area (Å²) in [6, 6.07) is 15.1. The molecule has 0 spiro atoms. The highest BCUT2D eigenvalue weighted by Crippen LogP contribution is 2.33. The number of carbonyl (C=O) groups excluding carboxylic acids is 1. The number of para-hydroxylation sites is 1. The number of benzene rings is 2. The van der Waals surface area contributed by atoms with Gasteiger partial charge in [0.1, 0.15) is 11.8 Å². The summed E-state index contributed by atoms with van der Waals surface area (Å²) in [5, 5.41) is 8.40. The number of hydrogen-bond acceptors (Lipinski definition) is 4. The molecule has 1 saturated heterocycles. The van der Waals surface area contributed by atoms with Gasteiger partial charge in [-0.1, -0.05) is 29.8 Å². The molecule has 6 nitrogen and oxygen atoms in total. The Hall–Kier alpha value is -2.83. The Balaban J connectivity index is 1.74. The molecule has 1 unspecified atom stereocenters. The topological polar surface area (TPSA) is 59.4 Å². The largest absolute Gasteiger partial charge is 0.496 e. The van der Waals surface area contributed by atoms with E-state index in [1.807, 2.05) is 67.1 Å². The molecule has 0 aliphatic carbocycles. The summed E-state index contributed by atoms with van der Waals surface area (Å²) in [6.07, 6.45) is 0. The Bertz CT molecular complexity index is 1060. The molecule has 0 bridgehead atoms. The zero-order chi connectivity index (χ0) is 21.3. The van der Waals surface area contributed by atoms with E-state index < -0.39 is 6.04 Å². The van der Waals surface area contributed by atoms with Crippen LogP contribution in [0.3, 0.4) is 0 Å². The number of aryl methyl sites for hydroxylation is 1. The zero-order valence-electron chi connectivity index (χ0n) is 17.4. The molecule has 0 saturated carbocycles. The summed E-state index contributed by atoms with van der Waals surface area (Å²) >= 11 is 6.23. The number of ether oxygens (including phenoxy) is 1. The summed E-state index contributed by atoms with van der Waals surface area (Å²) < 4.78 is 7.42. The van der Waals surface area contributed by atoms with Gasteiger partial charge >= 0.3 is 0 Å². The molecule has 1 N–H and O–H groups in total. The number of amides is 1. The molecule has 1 aliphatic heterocycles. The van der Waals surface area contributed by atoms with Crippen LogP contribution in [0.1, 0.15) is 28.6 Å². The van der Waals surface area contributed by atoms with Crippen LogP contribution in [0.4, 0.5) is 0 Å². The van der Waals surface area contributed by atoms with Gasteiger partial charge in [-0.05, 0) is 44.2 Å². The maximum atomic E-state index is 13.0. The molecule has 1 atom stereocenters. The van der Waals surface area contributed by atoms with Crippen LogP contribution in [0.5, 0.6) is 5.75 Å². The highest BCUT2D eigenvalue weighted by molar-refractivity contribution is 6.30. The molecule has 156 valence electrons. The van der Waals surface area contributed by atoms with Crippen molar-refractivity contribution in [3.63, 3.8) is 0 Å². The average molecular weight is 425 g/mol. The third kappa shape index (κ3) is 3.80. The third-order valence-electron chi connectivity index (χ3n) is 5.55. The lowest BCUT2D eigenvalue weighted by Gasteiger charge is -2.35. The van der Waals surface area contributed by atoms with E-state index in [4.69, 9.17) is 21.4 Å². The summed E-state index contributed by atoms with van der Waals surface area (Å²) in [7, 11) is 1.64. The van der Waals surface area contributed by atoms with Crippen molar-refractivity contribution in [3.8, 4) is 11.4 Å². The van der Waals surface area contributed by atoms with Crippen LogP contribution in [0, 0.1) is 13.8 Å². The quantitative estimate of drug-likeness (QED) is 0.676. The van der Waals surface area contributed by atoms with Gasteiger partial charge in [-0.2, -0.15) is 5.10 Å². The number of nitrogens with zero attached hydrogens (tertiary/aromatic N) is 3. The maximum absolute atomic E-state index is 13.0. The molecule has 2 aromatic carbocycles. The van der Waals surface area contributed by atoms with Crippen molar-refractivity contribution in [1.82, 2.24) is 20.0 Å².